The van der Waals surface area contributed by atoms with Gasteiger partial charge in [0.15, 0.2) is 5.75 Å². The zero-order chi connectivity index (χ0) is 15.6. The van der Waals surface area contributed by atoms with Crippen LogP contribution in [0.1, 0.15) is 10.5 Å². The molecule has 8 heteroatoms. The number of benzene rings is 1. The summed E-state index contributed by atoms with van der Waals surface area (Å²) >= 11 is 0. The van der Waals surface area contributed by atoms with E-state index < -0.39 is 18.0 Å². The Bertz CT molecular complexity index is 665. The number of rotatable bonds is 3. The van der Waals surface area contributed by atoms with Crippen LogP contribution in [0.4, 0.5) is 24.5 Å². The number of hydrogen-bond acceptors (Lipinski definition) is 3. The molecule has 5 nitrogen and oxygen atoms in total. The molecule has 2 rings (SSSR count). The lowest BCUT2D eigenvalue weighted by molar-refractivity contribution is -0.274. The number of nitrogens with two attached hydrogens (primary N) is 1. The van der Waals surface area contributed by atoms with E-state index in [2.05, 4.69) is 10.1 Å². The Morgan fingerprint density at radius 3 is 2.57 bits per heavy atom. The molecule has 0 aliphatic rings. The molecule has 0 atom stereocenters. The van der Waals surface area contributed by atoms with E-state index in [-0.39, 0.29) is 11.4 Å². The normalized spacial score (nSPS) is 11.2. The van der Waals surface area contributed by atoms with Crippen molar-refractivity contribution in [3.05, 3.63) is 42.2 Å². The molecule has 0 unspecified atom stereocenters. The predicted molar refractivity (Wildman–Crippen MR) is 70.9 cm³/mol. The molecule has 0 spiro atoms. The van der Waals surface area contributed by atoms with Crippen LogP contribution in [0.25, 0.3) is 0 Å². The van der Waals surface area contributed by atoms with Crippen molar-refractivity contribution < 1.29 is 22.7 Å². The van der Waals surface area contributed by atoms with E-state index in [1.54, 1.807) is 7.05 Å². The van der Waals surface area contributed by atoms with Gasteiger partial charge in [0.05, 0.1) is 11.4 Å². The van der Waals surface area contributed by atoms with Crippen molar-refractivity contribution in [2.75, 3.05) is 11.1 Å². The highest BCUT2D eigenvalue weighted by molar-refractivity contribution is 6.04. The Balaban J connectivity index is 2.24. The molecule has 0 bridgehead atoms. The molecule has 1 aromatic carbocycles. The smallest absolute Gasteiger partial charge is 0.404 e. The minimum atomic E-state index is -4.84. The van der Waals surface area contributed by atoms with E-state index >= 15 is 0 Å². The van der Waals surface area contributed by atoms with Crippen LogP contribution in [0.5, 0.6) is 5.75 Å². The number of anilines is 2. The third-order valence-corrected chi connectivity index (χ3v) is 2.62. The fraction of sp³-hybridized carbons (Fsp3) is 0.154. The number of nitrogens with zero attached hydrogens (tertiary/aromatic N) is 1. The Hall–Kier alpha value is -2.64. The van der Waals surface area contributed by atoms with Crippen LogP contribution in [0.2, 0.25) is 0 Å². The molecule has 21 heavy (non-hydrogen) atoms. The molecule has 1 amide bonds. The monoisotopic (exact) mass is 299 g/mol. The number of nitrogens with one attached hydrogen (secondary N) is 1. The molecule has 2 aromatic rings. The number of carbonyl (C=O) groups is 1. The highest BCUT2D eigenvalue weighted by atomic mass is 19.4. The van der Waals surface area contributed by atoms with E-state index in [1.807, 2.05) is 0 Å². The predicted octanol–water partition coefficient (Wildman–Crippen LogP) is 2.76. The van der Waals surface area contributed by atoms with Crippen molar-refractivity contribution >= 4 is 17.3 Å². The standard InChI is InChI=1S/C13H12F3N3O2/c1-19-7-8(17)6-10(19)12(20)18-9-4-2-3-5-11(9)21-13(14,15)16/h2-7H,17H2,1H3,(H,18,20). The van der Waals surface area contributed by atoms with Crippen LogP contribution in [-0.2, 0) is 7.05 Å². The summed E-state index contributed by atoms with van der Waals surface area (Å²) in [7, 11) is 1.60. The lowest BCUT2D eigenvalue weighted by Gasteiger charge is -2.13. The van der Waals surface area contributed by atoms with E-state index in [0.29, 0.717) is 5.69 Å². The molecular weight excluding hydrogens is 287 g/mol. The van der Waals surface area contributed by atoms with Gasteiger partial charge in [-0.2, -0.15) is 0 Å². The number of alkyl halides is 3. The van der Waals surface area contributed by atoms with Crippen molar-refractivity contribution in [3.8, 4) is 5.75 Å². The van der Waals surface area contributed by atoms with Gasteiger partial charge in [0, 0.05) is 13.2 Å². The zero-order valence-electron chi connectivity index (χ0n) is 10.9. The summed E-state index contributed by atoms with van der Waals surface area (Å²) in [4.78, 5) is 12.0. The first-order valence-corrected chi connectivity index (χ1v) is 5.84. The molecule has 0 fully saturated rings. The number of ether oxygens (including phenoxy) is 1. The molecule has 0 saturated carbocycles. The van der Waals surface area contributed by atoms with E-state index in [9.17, 15) is 18.0 Å². The van der Waals surface area contributed by atoms with Gasteiger partial charge in [0.2, 0.25) is 0 Å². The Morgan fingerprint density at radius 1 is 1.33 bits per heavy atom. The number of hydrogen-bond donors (Lipinski definition) is 2. The summed E-state index contributed by atoms with van der Waals surface area (Å²) in [5.74, 6) is -1.08. The number of aryl methyl sites for hydroxylation is 1. The maximum absolute atomic E-state index is 12.3. The SMILES string of the molecule is Cn1cc(N)cc1C(=O)Nc1ccccc1OC(F)(F)F. The van der Waals surface area contributed by atoms with Gasteiger partial charge in [-0.25, -0.2) is 0 Å². The van der Waals surface area contributed by atoms with Gasteiger partial charge in [-0.05, 0) is 18.2 Å². The number of halogens is 3. The molecule has 1 heterocycles. The number of para-hydroxylation sites is 2. The van der Waals surface area contributed by atoms with Crippen LogP contribution in [0, 0.1) is 0 Å². The third kappa shape index (κ3) is 3.68. The quantitative estimate of drug-likeness (QED) is 0.915. The second-order valence-corrected chi connectivity index (χ2v) is 4.27. The van der Waals surface area contributed by atoms with E-state index in [0.717, 1.165) is 6.07 Å². The van der Waals surface area contributed by atoms with Crippen LogP contribution in [-0.4, -0.2) is 16.8 Å². The summed E-state index contributed by atoms with van der Waals surface area (Å²) in [6, 6.07) is 6.70. The van der Waals surface area contributed by atoms with Gasteiger partial charge in [-0.15, -0.1) is 13.2 Å². The highest BCUT2D eigenvalue weighted by Crippen LogP contribution is 2.30. The highest BCUT2D eigenvalue weighted by Gasteiger charge is 2.32. The first-order valence-electron chi connectivity index (χ1n) is 5.84. The second-order valence-electron chi connectivity index (χ2n) is 4.27. The first-order chi connectivity index (χ1) is 9.76. The molecule has 0 aliphatic carbocycles. The molecule has 112 valence electrons. The Morgan fingerprint density at radius 2 is 2.00 bits per heavy atom. The van der Waals surface area contributed by atoms with Gasteiger partial charge in [0.25, 0.3) is 5.91 Å². The number of amides is 1. The van der Waals surface area contributed by atoms with Gasteiger partial charge < -0.3 is 20.4 Å². The first kappa shape index (κ1) is 14.8. The van der Waals surface area contributed by atoms with Gasteiger partial charge in [-0.3, -0.25) is 4.79 Å². The summed E-state index contributed by atoms with van der Waals surface area (Å²) in [5.41, 5.74) is 6.06. The summed E-state index contributed by atoms with van der Waals surface area (Å²) in [6.45, 7) is 0. The summed E-state index contributed by atoms with van der Waals surface area (Å²) < 4.78 is 42.2. The third-order valence-electron chi connectivity index (χ3n) is 2.62. The lowest BCUT2D eigenvalue weighted by atomic mass is 10.2. The second kappa shape index (κ2) is 5.39. The number of aromatic nitrogens is 1. The van der Waals surface area contributed by atoms with Crippen molar-refractivity contribution in [3.63, 3.8) is 0 Å². The zero-order valence-corrected chi connectivity index (χ0v) is 10.9. The van der Waals surface area contributed by atoms with Crippen molar-refractivity contribution in [1.82, 2.24) is 4.57 Å². The molecule has 0 radical (unpaired) electrons. The Kier molecular flexibility index (Phi) is 3.79. The maximum Gasteiger partial charge on any atom is 0.573 e. The van der Waals surface area contributed by atoms with Gasteiger partial charge in [-0.1, -0.05) is 12.1 Å². The summed E-state index contributed by atoms with van der Waals surface area (Å²) in [6.07, 6.45) is -3.32. The molecule has 1 aromatic heterocycles. The van der Waals surface area contributed by atoms with Crippen LogP contribution < -0.4 is 15.8 Å². The van der Waals surface area contributed by atoms with E-state index in [4.69, 9.17) is 5.73 Å². The van der Waals surface area contributed by atoms with Crippen LogP contribution in [0.3, 0.4) is 0 Å². The maximum atomic E-state index is 12.3. The minimum Gasteiger partial charge on any atom is -0.404 e. The fourth-order valence-corrected chi connectivity index (χ4v) is 1.79. The van der Waals surface area contributed by atoms with Crippen LogP contribution in [0.15, 0.2) is 36.5 Å². The van der Waals surface area contributed by atoms with Crippen molar-refractivity contribution in [2.45, 2.75) is 6.36 Å². The van der Waals surface area contributed by atoms with Gasteiger partial charge in [0.1, 0.15) is 5.69 Å². The fourth-order valence-electron chi connectivity index (χ4n) is 1.79. The average Bonchev–Trinajstić information content (AvgIpc) is 2.69. The van der Waals surface area contributed by atoms with E-state index in [1.165, 1.54) is 35.0 Å². The molecule has 3 N–H and O–H groups in total. The number of nitrogen functional groups attached to an aromatic ring is 1. The van der Waals surface area contributed by atoms with Gasteiger partial charge >= 0.3 is 6.36 Å². The minimum absolute atomic E-state index is 0.0837. The van der Waals surface area contributed by atoms with Crippen LogP contribution >= 0.6 is 0 Å². The lowest BCUT2D eigenvalue weighted by Crippen LogP contribution is -2.20. The molecule has 0 saturated heterocycles. The Labute approximate surface area is 118 Å². The average molecular weight is 299 g/mol. The summed E-state index contributed by atoms with van der Waals surface area (Å²) in [5, 5.41) is 2.36. The largest absolute Gasteiger partial charge is 0.573 e. The number of carbonyl (C=O) groups excluding carboxylic acids is 1. The van der Waals surface area contributed by atoms with Crippen molar-refractivity contribution in [2.24, 2.45) is 7.05 Å². The molecule has 0 aliphatic heterocycles. The molecular formula is C13H12F3N3O2. The topological polar surface area (TPSA) is 69.3 Å². The van der Waals surface area contributed by atoms with Crippen molar-refractivity contribution in [1.29, 1.82) is 0 Å².